The molecule has 5 heteroatoms. The van der Waals surface area contributed by atoms with E-state index in [9.17, 15) is 4.79 Å². The first kappa shape index (κ1) is 16.1. The predicted molar refractivity (Wildman–Crippen MR) is 98.9 cm³/mol. The van der Waals surface area contributed by atoms with Gasteiger partial charge in [-0.05, 0) is 31.4 Å². The molecule has 4 aliphatic rings. The number of carbonyl (C=O) groups excluding carboxylic acids is 1. The van der Waals surface area contributed by atoms with Gasteiger partial charge >= 0.3 is 5.97 Å². The molecule has 0 spiro atoms. The van der Waals surface area contributed by atoms with Crippen LogP contribution in [0.2, 0.25) is 0 Å². The van der Waals surface area contributed by atoms with Crippen LogP contribution in [0, 0.1) is 5.92 Å². The number of para-hydroxylation sites is 1. The smallest absolute Gasteiger partial charge is 0.340 e. The van der Waals surface area contributed by atoms with Gasteiger partial charge in [-0.1, -0.05) is 29.8 Å². The molecule has 1 N–H and O–H groups in total. The number of rotatable bonds is 2. The van der Waals surface area contributed by atoms with E-state index in [2.05, 4.69) is 47.1 Å². The second kappa shape index (κ2) is 5.44. The van der Waals surface area contributed by atoms with Crippen LogP contribution in [0.5, 0.6) is 0 Å². The summed E-state index contributed by atoms with van der Waals surface area (Å²) in [6.07, 6.45) is 3.82. The third-order valence-electron chi connectivity index (χ3n) is 6.88. The highest BCUT2D eigenvalue weighted by Gasteiger charge is 2.65. The summed E-state index contributed by atoms with van der Waals surface area (Å²) in [4.78, 5) is 19.1. The van der Waals surface area contributed by atoms with Crippen molar-refractivity contribution in [2.45, 2.75) is 37.5 Å². The largest absolute Gasteiger partial charge is 0.467 e. The average Bonchev–Trinajstić information content (AvgIpc) is 3.06. The molecule has 1 aromatic carbocycles. The molecule has 4 bridgehead atoms. The van der Waals surface area contributed by atoms with Crippen molar-refractivity contribution in [1.29, 1.82) is 0 Å². The fourth-order valence-corrected chi connectivity index (χ4v) is 5.76. The molecule has 136 valence electrons. The fraction of sp³-hybridized carbons (Fsp3) is 0.476. The van der Waals surface area contributed by atoms with E-state index in [0.29, 0.717) is 6.04 Å². The average molecular weight is 352 g/mol. The lowest BCUT2D eigenvalue weighted by Gasteiger charge is -2.61. The zero-order valence-corrected chi connectivity index (χ0v) is 15.4. The molecule has 4 aliphatic heterocycles. The number of nitrogens with one attached hydrogen (secondary N) is 1. The maximum Gasteiger partial charge on any atom is 0.340 e. The summed E-state index contributed by atoms with van der Waals surface area (Å²) in [7, 11) is 3.12. The number of nitrogens with zero attached hydrogens (tertiary/aromatic N) is 1. The topological polar surface area (TPSA) is 54.6 Å². The normalized spacial score (nSPS) is 36.3. The molecule has 3 saturated heterocycles. The van der Waals surface area contributed by atoms with Crippen LogP contribution in [0.4, 0.5) is 0 Å². The van der Waals surface area contributed by atoms with Crippen molar-refractivity contribution in [3.8, 4) is 0 Å². The summed E-state index contributed by atoms with van der Waals surface area (Å²) >= 11 is 0. The van der Waals surface area contributed by atoms with E-state index < -0.39 is 5.60 Å². The molecule has 3 fully saturated rings. The molecule has 6 rings (SSSR count). The second-order valence-corrected chi connectivity index (χ2v) is 7.61. The van der Waals surface area contributed by atoms with E-state index in [-0.39, 0.29) is 17.9 Å². The molecule has 0 amide bonds. The van der Waals surface area contributed by atoms with Gasteiger partial charge in [-0.3, -0.25) is 4.90 Å². The highest BCUT2D eigenvalue weighted by atomic mass is 16.6. The van der Waals surface area contributed by atoms with E-state index in [4.69, 9.17) is 9.47 Å². The maximum atomic E-state index is 13.0. The van der Waals surface area contributed by atoms with E-state index >= 15 is 0 Å². The van der Waals surface area contributed by atoms with Crippen LogP contribution in [-0.2, 0) is 20.7 Å². The van der Waals surface area contributed by atoms with Gasteiger partial charge in [0, 0.05) is 36.2 Å². The Balaban J connectivity index is 1.73. The van der Waals surface area contributed by atoms with Crippen molar-refractivity contribution in [3.63, 3.8) is 0 Å². The number of aromatic amines is 1. The van der Waals surface area contributed by atoms with E-state index in [1.807, 2.05) is 0 Å². The van der Waals surface area contributed by atoms with Gasteiger partial charge in [-0.25, -0.2) is 4.79 Å². The number of ether oxygens (including phenoxy) is 2. The van der Waals surface area contributed by atoms with Crippen molar-refractivity contribution >= 4 is 16.9 Å². The monoisotopic (exact) mass is 352 g/mol. The zero-order chi connectivity index (χ0) is 18.1. The summed E-state index contributed by atoms with van der Waals surface area (Å²) in [5, 5.41) is 1.26. The van der Waals surface area contributed by atoms with Crippen LogP contribution >= 0.6 is 0 Å². The van der Waals surface area contributed by atoms with Crippen molar-refractivity contribution in [2.24, 2.45) is 5.92 Å². The number of H-pyrrole nitrogens is 1. The second-order valence-electron chi connectivity index (χ2n) is 7.61. The lowest BCUT2D eigenvalue weighted by Crippen LogP contribution is -2.73. The highest BCUT2D eigenvalue weighted by molar-refractivity contribution is 5.87. The van der Waals surface area contributed by atoms with Crippen molar-refractivity contribution in [1.82, 2.24) is 9.88 Å². The molecule has 2 aromatic rings. The van der Waals surface area contributed by atoms with Crippen molar-refractivity contribution in [2.75, 3.05) is 20.8 Å². The van der Waals surface area contributed by atoms with E-state index in [1.54, 1.807) is 7.11 Å². The molecule has 0 saturated carbocycles. The van der Waals surface area contributed by atoms with Crippen LogP contribution in [-0.4, -0.2) is 48.3 Å². The Labute approximate surface area is 153 Å². The molecule has 1 unspecified atom stereocenters. The Morgan fingerprint density at radius 2 is 2.15 bits per heavy atom. The number of allylic oxidation sites excluding steroid dienone is 1. The lowest BCUT2D eigenvalue weighted by molar-refractivity contribution is -0.208. The summed E-state index contributed by atoms with van der Waals surface area (Å²) in [5.41, 5.74) is 4.18. The highest BCUT2D eigenvalue weighted by Crippen LogP contribution is 2.57. The summed E-state index contributed by atoms with van der Waals surface area (Å²) < 4.78 is 11.3. The van der Waals surface area contributed by atoms with Crippen LogP contribution in [0.3, 0.4) is 0 Å². The van der Waals surface area contributed by atoms with Crippen molar-refractivity contribution < 1.29 is 14.3 Å². The number of hydrogen-bond acceptors (Lipinski definition) is 4. The number of hydrogen-bond donors (Lipinski definition) is 1. The van der Waals surface area contributed by atoms with E-state index in [1.165, 1.54) is 34.8 Å². The Morgan fingerprint density at radius 1 is 1.35 bits per heavy atom. The third-order valence-corrected chi connectivity index (χ3v) is 6.88. The van der Waals surface area contributed by atoms with Gasteiger partial charge < -0.3 is 14.5 Å². The minimum atomic E-state index is -0.929. The Hall–Kier alpha value is -2.11. The maximum absolute atomic E-state index is 13.0. The number of methoxy groups -OCH3 is 2. The molecular weight excluding hydrogens is 328 g/mol. The van der Waals surface area contributed by atoms with Gasteiger partial charge in [-0.15, -0.1) is 0 Å². The van der Waals surface area contributed by atoms with Crippen molar-refractivity contribution in [3.05, 3.63) is 47.2 Å². The first-order chi connectivity index (χ1) is 12.7. The number of benzene rings is 1. The van der Waals surface area contributed by atoms with Crippen LogP contribution in [0.15, 0.2) is 35.9 Å². The molecule has 5 atom stereocenters. The first-order valence-electron chi connectivity index (χ1n) is 9.29. The van der Waals surface area contributed by atoms with Crippen LogP contribution < -0.4 is 0 Å². The fourth-order valence-electron chi connectivity index (χ4n) is 5.76. The van der Waals surface area contributed by atoms with E-state index in [0.717, 1.165) is 19.4 Å². The number of piperidine rings is 3. The van der Waals surface area contributed by atoms with Crippen LogP contribution in [0.1, 0.15) is 30.6 Å². The first-order valence-corrected chi connectivity index (χ1v) is 9.29. The van der Waals surface area contributed by atoms with Gasteiger partial charge in [0.15, 0.2) is 5.60 Å². The Morgan fingerprint density at radius 3 is 2.88 bits per heavy atom. The molecule has 5 nitrogen and oxygen atoms in total. The quantitative estimate of drug-likeness (QED) is 0.667. The molecule has 0 aliphatic carbocycles. The molecular formula is C21H24N2O3. The Kier molecular flexibility index (Phi) is 3.37. The molecule has 26 heavy (non-hydrogen) atoms. The van der Waals surface area contributed by atoms with Gasteiger partial charge in [0.05, 0.1) is 19.2 Å². The summed E-state index contributed by atoms with van der Waals surface area (Å²) in [6.45, 7) is 2.95. The number of carbonyl (C=O) groups is 1. The molecule has 0 radical (unpaired) electrons. The summed E-state index contributed by atoms with van der Waals surface area (Å²) in [6, 6.07) is 8.75. The Bertz CT molecular complexity index is 930. The molecule has 5 heterocycles. The van der Waals surface area contributed by atoms with Gasteiger partial charge in [-0.2, -0.15) is 0 Å². The number of aromatic nitrogens is 1. The van der Waals surface area contributed by atoms with Gasteiger partial charge in [0.25, 0.3) is 0 Å². The third kappa shape index (κ3) is 1.75. The number of esters is 1. The lowest BCUT2D eigenvalue weighted by atomic mass is 9.61. The van der Waals surface area contributed by atoms with Crippen LogP contribution in [0.25, 0.3) is 10.9 Å². The molecule has 1 aromatic heterocycles. The number of fused-ring (bicyclic) bond motifs is 4. The van der Waals surface area contributed by atoms with Gasteiger partial charge in [0.1, 0.15) is 0 Å². The standard InChI is InChI=1S/C21H24N2O3/c1-4-12-11-23-17-10-15(12)21(26-3,20(24)25-2)18(23)9-14-13-7-5-6-8-16(13)22-19(14)17/h4-8,15,17-18,22H,9-11H2,1-3H3/b12-4-/t15-,17-,18-,21+/m0/s1. The minimum absolute atomic E-state index is 0.000828. The zero-order valence-electron chi connectivity index (χ0n) is 15.4. The predicted octanol–water partition coefficient (Wildman–Crippen LogP) is 2.97. The minimum Gasteiger partial charge on any atom is -0.467 e. The van der Waals surface area contributed by atoms with Gasteiger partial charge in [0.2, 0.25) is 0 Å². The SMILES string of the molecule is C/C=C1/CN2[C@H]3Cc4c([nH]c5ccccc45)[C@@H]2C[C@@H]1[C@]3(OC)C(=O)OC. The summed E-state index contributed by atoms with van der Waals surface area (Å²) in [5.74, 6) is -0.190.